The molecule has 1 aliphatic rings. The lowest BCUT2D eigenvalue weighted by Crippen LogP contribution is -2.40. The van der Waals surface area contributed by atoms with Crippen molar-refractivity contribution in [1.82, 2.24) is 14.7 Å². The third-order valence-electron chi connectivity index (χ3n) is 3.65. The van der Waals surface area contributed by atoms with E-state index in [1.807, 2.05) is 24.9 Å². The number of nitrogens with zero attached hydrogens (tertiary/aromatic N) is 3. The van der Waals surface area contributed by atoms with Crippen molar-refractivity contribution in [2.75, 3.05) is 6.54 Å². The highest BCUT2D eigenvalue weighted by Crippen LogP contribution is 2.22. The molecule has 2 rings (SSSR count). The zero-order valence-electron chi connectivity index (χ0n) is 11.1. The van der Waals surface area contributed by atoms with Gasteiger partial charge in [-0.1, -0.05) is 6.42 Å². The minimum Gasteiger partial charge on any atom is -0.481 e. The van der Waals surface area contributed by atoms with Crippen LogP contribution < -0.4 is 0 Å². The number of carbonyl (C=O) groups is 1. The number of aromatic nitrogens is 2. The van der Waals surface area contributed by atoms with Gasteiger partial charge in [0.1, 0.15) is 0 Å². The molecule has 1 atom stereocenters. The average molecular weight is 251 g/mol. The summed E-state index contributed by atoms with van der Waals surface area (Å²) in [6.07, 6.45) is 5.57. The first-order chi connectivity index (χ1) is 8.56. The standard InChI is InChI=1S/C13H21N3O2/c1-10-11(8-15(2)14-10)9-16-6-4-3-5-12(16)7-13(17)18/h8,12H,3-7,9H2,1-2H3,(H,17,18). The van der Waals surface area contributed by atoms with E-state index in [1.165, 1.54) is 5.56 Å². The van der Waals surface area contributed by atoms with Gasteiger partial charge >= 0.3 is 5.97 Å². The average Bonchev–Trinajstić information content (AvgIpc) is 2.59. The molecule has 2 heterocycles. The fraction of sp³-hybridized carbons (Fsp3) is 0.692. The lowest BCUT2D eigenvalue weighted by atomic mass is 9.98. The SMILES string of the molecule is Cc1nn(C)cc1CN1CCCCC1CC(=O)O. The van der Waals surface area contributed by atoms with E-state index in [0.717, 1.165) is 38.0 Å². The molecule has 5 nitrogen and oxygen atoms in total. The van der Waals surface area contributed by atoms with E-state index in [2.05, 4.69) is 10.00 Å². The van der Waals surface area contributed by atoms with Crippen LogP contribution in [0.5, 0.6) is 0 Å². The molecule has 0 saturated carbocycles. The smallest absolute Gasteiger partial charge is 0.304 e. The largest absolute Gasteiger partial charge is 0.481 e. The summed E-state index contributed by atoms with van der Waals surface area (Å²) < 4.78 is 1.82. The second-order valence-corrected chi connectivity index (χ2v) is 5.13. The Bertz CT molecular complexity index is 428. The number of piperidine rings is 1. The van der Waals surface area contributed by atoms with Gasteiger partial charge in [-0.25, -0.2) is 0 Å². The van der Waals surface area contributed by atoms with Gasteiger partial charge in [0.05, 0.1) is 12.1 Å². The highest BCUT2D eigenvalue weighted by Gasteiger charge is 2.25. The normalized spacial score (nSPS) is 21.1. The Morgan fingerprint density at radius 3 is 2.94 bits per heavy atom. The molecular weight excluding hydrogens is 230 g/mol. The Labute approximate surface area is 107 Å². The van der Waals surface area contributed by atoms with Gasteiger partial charge < -0.3 is 5.11 Å². The Morgan fingerprint density at radius 1 is 1.56 bits per heavy atom. The van der Waals surface area contributed by atoms with Crippen LogP contribution in [0.3, 0.4) is 0 Å². The van der Waals surface area contributed by atoms with Crippen LogP contribution in [0.15, 0.2) is 6.20 Å². The molecule has 1 fully saturated rings. The van der Waals surface area contributed by atoms with E-state index < -0.39 is 5.97 Å². The lowest BCUT2D eigenvalue weighted by molar-refractivity contribution is -0.138. The molecule has 1 aromatic rings. The summed E-state index contributed by atoms with van der Waals surface area (Å²) in [5, 5.41) is 13.3. The van der Waals surface area contributed by atoms with Crippen LogP contribution in [0, 0.1) is 6.92 Å². The van der Waals surface area contributed by atoms with Crippen molar-refractivity contribution in [3.05, 3.63) is 17.5 Å². The predicted octanol–water partition coefficient (Wildman–Crippen LogP) is 1.56. The first kappa shape index (κ1) is 13.1. The summed E-state index contributed by atoms with van der Waals surface area (Å²) in [7, 11) is 1.92. The van der Waals surface area contributed by atoms with Gasteiger partial charge in [-0.05, 0) is 26.3 Å². The van der Waals surface area contributed by atoms with Crippen molar-refractivity contribution in [3.63, 3.8) is 0 Å². The molecule has 1 aliphatic heterocycles. The van der Waals surface area contributed by atoms with Crippen molar-refractivity contribution < 1.29 is 9.90 Å². The molecule has 1 aromatic heterocycles. The summed E-state index contributed by atoms with van der Waals surface area (Å²) >= 11 is 0. The third-order valence-corrected chi connectivity index (χ3v) is 3.65. The van der Waals surface area contributed by atoms with E-state index in [0.29, 0.717) is 0 Å². The first-order valence-corrected chi connectivity index (χ1v) is 6.51. The molecular formula is C13H21N3O2. The molecule has 0 bridgehead atoms. The van der Waals surface area contributed by atoms with Crippen molar-refractivity contribution in [1.29, 1.82) is 0 Å². The maximum absolute atomic E-state index is 10.9. The molecule has 18 heavy (non-hydrogen) atoms. The number of aryl methyl sites for hydroxylation is 2. The molecule has 5 heteroatoms. The van der Waals surface area contributed by atoms with E-state index in [-0.39, 0.29) is 12.5 Å². The fourth-order valence-corrected chi connectivity index (χ4v) is 2.72. The molecule has 1 saturated heterocycles. The van der Waals surface area contributed by atoms with Gasteiger partial charge in [0.2, 0.25) is 0 Å². The quantitative estimate of drug-likeness (QED) is 0.882. The van der Waals surface area contributed by atoms with Gasteiger partial charge in [-0.15, -0.1) is 0 Å². The second kappa shape index (κ2) is 5.52. The number of carboxylic acids is 1. The lowest BCUT2D eigenvalue weighted by Gasteiger charge is -2.34. The molecule has 1 unspecified atom stereocenters. The van der Waals surface area contributed by atoms with Crippen LogP contribution in [-0.4, -0.2) is 38.3 Å². The number of rotatable bonds is 4. The highest BCUT2D eigenvalue weighted by atomic mass is 16.4. The van der Waals surface area contributed by atoms with Crippen molar-refractivity contribution in [2.45, 2.75) is 45.2 Å². The summed E-state index contributed by atoms with van der Waals surface area (Å²) in [5.41, 5.74) is 2.24. The number of hydrogen-bond donors (Lipinski definition) is 1. The summed E-state index contributed by atoms with van der Waals surface area (Å²) in [6, 6.07) is 0.177. The Morgan fingerprint density at radius 2 is 2.33 bits per heavy atom. The van der Waals surface area contributed by atoms with Crippen LogP contribution in [0.2, 0.25) is 0 Å². The molecule has 0 aromatic carbocycles. The fourth-order valence-electron chi connectivity index (χ4n) is 2.72. The van der Waals surface area contributed by atoms with E-state index in [1.54, 1.807) is 0 Å². The Hall–Kier alpha value is -1.36. The molecule has 100 valence electrons. The molecule has 0 spiro atoms. The highest BCUT2D eigenvalue weighted by molar-refractivity contribution is 5.67. The van der Waals surface area contributed by atoms with Gasteiger partial charge in [-0.3, -0.25) is 14.4 Å². The van der Waals surface area contributed by atoms with Crippen LogP contribution >= 0.6 is 0 Å². The zero-order valence-corrected chi connectivity index (χ0v) is 11.1. The van der Waals surface area contributed by atoms with Crippen molar-refractivity contribution in [2.24, 2.45) is 7.05 Å². The summed E-state index contributed by atoms with van der Waals surface area (Å²) in [5.74, 6) is -0.699. The van der Waals surface area contributed by atoms with Gasteiger partial charge in [0.15, 0.2) is 0 Å². The van der Waals surface area contributed by atoms with E-state index in [9.17, 15) is 4.79 Å². The third kappa shape index (κ3) is 3.10. The number of hydrogen-bond acceptors (Lipinski definition) is 3. The van der Waals surface area contributed by atoms with Crippen molar-refractivity contribution >= 4 is 5.97 Å². The number of aliphatic carboxylic acids is 1. The monoisotopic (exact) mass is 251 g/mol. The minimum absolute atomic E-state index is 0.177. The second-order valence-electron chi connectivity index (χ2n) is 5.13. The van der Waals surface area contributed by atoms with Crippen LogP contribution in [0.4, 0.5) is 0 Å². The maximum atomic E-state index is 10.9. The topological polar surface area (TPSA) is 58.4 Å². The van der Waals surface area contributed by atoms with E-state index in [4.69, 9.17) is 5.11 Å². The summed E-state index contributed by atoms with van der Waals surface area (Å²) in [4.78, 5) is 13.2. The molecule has 1 N–H and O–H groups in total. The Balaban J connectivity index is 2.05. The number of likely N-dealkylation sites (tertiary alicyclic amines) is 1. The molecule has 0 radical (unpaired) electrons. The van der Waals surface area contributed by atoms with Gasteiger partial charge in [-0.2, -0.15) is 5.10 Å². The zero-order chi connectivity index (χ0) is 13.1. The van der Waals surface area contributed by atoms with Crippen LogP contribution in [0.25, 0.3) is 0 Å². The van der Waals surface area contributed by atoms with Crippen LogP contribution in [0.1, 0.15) is 36.9 Å². The summed E-state index contributed by atoms with van der Waals surface area (Å²) in [6.45, 7) is 3.81. The van der Waals surface area contributed by atoms with E-state index >= 15 is 0 Å². The van der Waals surface area contributed by atoms with Crippen LogP contribution in [-0.2, 0) is 18.4 Å². The van der Waals surface area contributed by atoms with Gasteiger partial charge in [0.25, 0.3) is 0 Å². The first-order valence-electron chi connectivity index (χ1n) is 6.51. The molecule has 0 aliphatic carbocycles. The predicted molar refractivity (Wildman–Crippen MR) is 68.2 cm³/mol. The van der Waals surface area contributed by atoms with Gasteiger partial charge in [0, 0.05) is 31.4 Å². The maximum Gasteiger partial charge on any atom is 0.304 e. The minimum atomic E-state index is -0.699. The molecule has 0 amide bonds. The Kier molecular flexibility index (Phi) is 4.01. The van der Waals surface area contributed by atoms with Crippen molar-refractivity contribution in [3.8, 4) is 0 Å². The number of carboxylic acid groups (broad SMARTS) is 1.